The van der Waals surface area contributed by atoms with E-state index < -0.39 is 24.0 Å². The molecule has 33 heavy (non-hydrogen) atoms. The fourth-order valence-electron chi connectivity index (χ4n) is 4.56. The Kier molecular flexibility index (Phi) is 7.05. The highest BCUT2D eigenvalue weighted by Crippen LogP contribution is 2.38. The van der Waals surface area contributed by atoms with Crippen LogP contribution in [0.2, 0.25) is 0 Å². The highest BCUT2D eigenvalue weighted by molar-refractivity contribution is 6.23. The molecule has 6 nitrogen and oxygen atoms in total. The lowest BCUT2D eigenvalue weighted by molar-refractivity contribution is -0.133. The zero-order valence-corrected chi connectivity index (χ0v) is 19.4. The highest BCUT2D eigenvalue weighted by Gasteiger charge is 2.42. The Morgan fingerprint density at radius 1 is 1.21 bits per heavy atom. The number of ketones is 1. The third-order valence-corrected chi connectivity index (χ3v) is 6.68. The third-order valence-electron chi connectivity index (χ3n) is 6.68. The molecular weight excluding hydrogens is 414 g/mol. The van der Waals surface area contributed by atoms with Gasteiger partial charge in [0.15, 0.2) is 11.8 Å². The van der Waals surface area contributed by atoms with Crippen LogP contribution in [0.1, 0.15) is 62.1 Å². The second kappa shape index (κ2) is 9.98. The maximum atomic E-state index is 13.8. The maximum Gasteiger partial charge on any atom is 0.273 e. The van der Waals surface area contributed by atoms with E-state index in [0.29, 0.717) is 30.2 Å². The predicted molar refractivity (Wildman–Crippen MR) is 130 cm³/mol. The number of anilines is 1. The molecule has 1 heterocycles. The van der Waals surface area contributed by atoms with E-state index in [-0.39, 0.29) is 5.78 Å². The number of aliphatic hydroxyl groups excluding tert-OH is 1. The van der Waals surface area contributed by atoms with Crippen LogP contribution in [0.25, 0.3) is 0 Å². The summed E-state index contributed by atoms with van der Waals surface area (Å²) in [5.74, 6) is 5.21. The topological polar surface area (TPSA) is 96.0 Å². The Morgan fingerprint density at radius 3 is 2.61 bits per heavy atom. The first-order chi connectivity index (χ1) is 15.9. The van der Waals surface area contributed by atoms with Crippen LogP contribution in [0.5, 0.6) is 0 Å². The lowest BCUT2D eigenvalue weighted by atomic mass is 9.85. The van der Waals surface area contributed by atoms with Gasteiger partial charge in [0.2, 0.25) is 0 Å². The number of benzene rings is 2. The van der Waals surface area contributed by atoms with Gasteiger partial charge in [-0.3, -0.25) is 14.6 Å². The predicted octanol–water partition coefficient (Wildman–Crippen LogP) is 3.96. The molecule has 0 aromatic heterocycles. The summed E-state index contributed by atoms with van der Waals surface area (Å²) >= 11 is 0. The van der Waals surface area contributed by atoms with E-state index in [9.17, 15) is 14.7 Å². The SMILES string of the molecule is CCCC[C@H](O)[C@@H](CC1CC1)C(=O)[C@@H]1N=C(c2ccccc2)c2cc(C)ccc2N(N)C1=O. The number of hydrogen-bond donors (Lipinski definition) is 2. The number of aliphatic hydroxyl groups is 1. The number of aryl methyl sites for hydroxylation is 1. The molecule has 0 spiro atoms. The second-order valence-electron chi connectivity index (χ2n) is 9.37. The van der Waals surface area contributed by atoms with Gasteiger partial charge in [-0.2, -0.15) is 0 Å². The average Bonchev–Trinajstić information content (AvgIpc) is 3.65. The van der Waals surface area contributed by atoms with Crippen LogP contribution in [0.4, 0.5) is 5.69 Å². The van der Waals surface area contributed by atoms with E-state index >= 15 is 0 Å². The number of aliphatic imine (C=N–C) groups is 1. The number of hydrogen-bond acceptors (Lipinski definition) is 5. The van der Waals surface area contributed by atoms with E-state index in [2.05, 4.69) is 6.92 Å². The van der Waals surface area contributed by atoms with E-state index in [1.807, 2.05) is 49.4 Å². The van der Waals surface area contributed by atoms with Gasteiger partial charge in [0.1, 0.15) is 0 Å². The van der Waals surface area contributed by atoms with Gasteiger partial charge in [0.25, 0.3) is 5.91 Å². The van der Waals surface area contributed by atoms with Crippen molar-refractivity contribution in [3.8, 4) is 0 Å². The average molecular weight is 448 g/mol. The number of benzodiazepines with no additional fused rings is 1. The molecule has 4 rings (SSSR count). The fourth-order valence-corrected chi connectivity index (χ4v) is 4.56. The van der Waals surface area contributed by atoms with Crippen LogP contribution < -0.4 is 10.9 Å². The molecule has 1 fully saturated rings. The van der Waals surface area contributed by atoms with Gasteiger partial charge in [-0.15, -0.1) is 0 Å². The van der Waals surface area contributed by atoms with Crippen LogP contribution in [0.3, 0.4) is 0 Å². The Balaban J connectivity index is 1.78. The van der Waals surface area contributed by atoms with Gasteiger partial charge in [-0.1, -0.05) is 74.6 Å². The summed E-state index contributed by atoms with van der Waals surface area (Å²) in [7, 11) is 0. The standard InChI is InChI=1S/C27H33N3O3/c1-3-4-10-23(31)21(16-18-12-13-18)26(32)25-27(33)30(28)22-14-11-17(2)15-20(22)24(29-25)19-8-6-5-7-9-19/h5-9,11,14-15,18,21,23,25,31H,3-4,10,12-13,16,28H2,1-2H3/t21-,23+,25+/m1/s1. The Bertz CT molecular complexity index is 1050. The van der Waals surface area contributed by atoms with Crippen molar-refractivity contribution in [3.05, 3.63) is 65.2 Å². The first-order valence-corrected chi connectivity index (χ1v) is 12.0. The van der Waals surface area contributed by atoms with Crippen molar-refractivity contribution in [1.29, 1.82) is 0 Å². The number of hydrazine groups is 1. The fraction of sp³-hybridized carbons (Fsp3) is 0.444. The molecular formula is C27H33N3O3. The summed E-state index contributed by atoms with van der Waals surface area (Å²) in [4.78, 5) is 32.0. The lowest BCUT2D eigenvalue weighted by Gasteiger charge is -2.25. The van der Waals surface area contributed by atoms with Crippen molar-refractivity contribution < 1.29 is 14.7 Å². The molecule has 1 saturated carbocycles. The quantitative estimate of drug-likeness (QED) is 0.345. The zero-order valence-electron chi connectivity index (χ0n) is 19.4. The van der Waals surface area contributed by atoms with Crippen LogP contribution in [-0.4, -0.2) is 34.7 Å². The minimum Gasteiger partial charge on any atom is -0.392 e. The van der Waals surface area contributed by atoms with Gasteiger partial charge in [0.05, 0.1) is 17.5 Å². The minimum absolute atomic E-state index is 0.330. The Labute approximate surface area is 195 Å². The number of amides is 1. The molecule has 1 aliphatic carbocycles. The molecule has 6 heteroatoms. The summed E-state index contributed by atoms with van der Waals surface area (Å²) in [6.45, 7) is 4.02. The van der Waals surface area contributed by atoms with Gasteiger partial charge >= 0.3 is 0 Å². The molecule has 0 unspecified atom stereocenters. The van der Waals surface area contributed by atoms with E-state index in [1.54, 1.807) is 6.07 Å². The van der Waals surface area contributed by atoms with Crippen LogP contribution in [-0.2, 0) is 9.59 Å². The monoisotopic (exact) mass is 447 g/mol. The molecule has 3 N–H and O–H groups in total. The number of unbranched alkanes of at least 4 members (excludes halogenated alkanes) is 1. The van der Waals surface area contributed by atoms with Gasteiger partial charge < -0.3 is 5.11 Å². The largest absolute Gasteiger partial charge is 0.392 e. The first kappa shape index (κ1) is 23.3. The van der Waals surface area contributed by atoms with Gasteiger partial charge in [-0.05, 0) is 37.8 Å². The smallest absolute Gasteiger partial charge is 0.273 e. The molecule has 2 aliphatic rings. The number of carbonyl (C=O) groups is 2. The van der Waals surface area contributed by atoms with Gasteiger partial charge in [0, 0.05) is 17.0 Å². The van der Waals surface area contributed by atoms with E-state index in [0.717, 1.165) is 47.4 Å². The molecule has 1 aliphatic heterocycles. The number of fused-ring (bicyclic) bond motifs is 1. The van der Waals surface area contributed by atoms with Crippen molar-refractivity contribution in [2.24, 2.45) is 22.7 Å². The van der Waals surface area contributed by atoms with Crippen molar-refractivity contribution in [2.45, 2.75) is 64.5 Å². The van der Waals surface area contributed by atoms with E-state index in [1.165, 1.54) is 0 Å². The van der Waals surface area contributed by atoms with Crippen molar-refractivity contribution >= 4 is 23.1 Å². The Hall–Kier alpha value is -2.83. The molecule has 0 bridgehead atoms. The lowest BCUT2D eigenvalue weighted by Crippen LogP contribution is -2.49. The summed E-state index contributed by atoms with van der Waals surface area (Å²) < 4.78 is 0. The number of Topliss-reactive ketones (excluding diaryl/α,β-unsaturated/α-hetero) is 1. The summed E-state index contributed by atoms with van der Waals surface area (Å²) in [5, 5.41) is 12.0. The van der Waals surface area contributed by atoms with Crippen LogP contribution in [0, 0.1) is 18.8 Å². The summed E-state index contributed by atoms with van der Waals surface area (Å²) in [6.07, 6.45) is 4.26. The second-order valence-corrected chi connectivity index (χ2v) is 9.37. The molecule has 2 aromatic carbocycles. The van der Waals surface area contributed by atoms with Crippen LogP contribution >= 0.6 is 0 Å². The zero-order chi connectivity index (χ0) is 23.5. The molecule has 2 aromatic rings. The van der Waals surface area contributed by atoms with Crippen LogP contribution in [0.15, 0.2) is 53.5 Å². The summed E-state index contributed by atoms with van der Waals surface area (Å²) in [5.41, 5.74) is 3.63. The normalized spacial score (nSPS) is 20.0. The molecule has 0 radical (unpaired) electrons. The third kappa shape index (κ3) is 5.07. The highest BCUT2D eigenvalue weighted by atomic mass is 16.3. The molecule has 174 valence electrons. The number of carbonyl (C=O) groups excluding carboxylic acids is 2. The first-order valence-electron chi connectivity index (χ1n) is 12.0. The van der Waals surface area contributed by atoms with Crippen molar-refractivity contribution in [2.75, 3.05) is 5.01 Å². The number of rotatable bonds is 9. The molecule has 3 atom stereocenters. The van der Waals surface area contributed by atoms with Crippen molar-refractivity contribution in [1.82, 2.24) is 0 Å². The van der Waals surface area contributed by atoms with Gasteiger partial charge in [-0.25, -0.2) is 10.9 Å². The molecule has 0 saturated heterocycles. The van der Waals surface area contributed by atoms with E-state index in [4.69, 9.17) is 10.8 Å². The summed E-state index contributed by atoms with van der Waals surface area (Å²) in [6, 6.07) is 13.9. The maximum absolute atomic E-state index is 13.8. The molecule has 1 amide bonds. The van der Waals surface area contributed by atoms with Crippen molar-refractivity contribution in [3.63, 3.8) is 0 Å². The number of nitrogens with zero attached hydrogens (tertiary/aromatic N) is 2. The Morgan fingerprint density at radius 2 is 1.94 bits per heavy atom. The minimum atomic E-state index is -1.28. The number of nitrogens with two attached hydrogens (primary N) is 1.